The molecule has 5 nitrogen and oxygen atoms in total. The molecule has 0 fully saturated rings. The lowest BCUT2D eigenvalue weighted by Crippen LogP contribution is -2.34. The quantitative estimate of drug-likeness (QED) is 0.357. The largest absolute Gasteiger partial charge is 0.347 e. The van der Waals surface area contributed by atoms with Crippen LogP contribution in [0.25, 0.3) is 10.9 Å². The number of nitriles is 1. The average molecular weight is 502 g/mol. The molecule has 1 N–H and O–H groups in total. The zero-order valence-corrected chi connectivity index (χ0v) is 20.6. The van der Waals surface area contributed by atoms with Crippen LogP contribution in [0.4, 0.5) is 5.69 Å². The van der Waals surface area contributed by atoms with Crippen molar-refractivity contribution in [1.29, 1.82) is 5.26 Å². The summed E-state index contributed by atoms with van der Waals surface area (Å²) in [5.41, 5.74) is 5.37. The summed E-state index contributed by atoms with van der Waals surface area (Å²) in [6.07, 6.45) is 0. The predicted octanol–water partition coefficient (Wildman–Crippen LogP) is 5.45. The van der Waals surface area contributed by atoms with Crippen LogP contribution in [0.2, 0.25) is 0 Å². The van der Waals surface area contributed by atoms with E-state index in [2.05, 4.69) is 72.7 Å². The number of carbonyl (C=O) groups excluding carboxylic acids is 1. The third-order valence-electron chi connectivity index (χ3n) is 5.69. The highest BCUT2D eigenvalue weighted by Crippen LogP contribution is 2.28. The molecule has 0 spiro atoms. The summed E-state index contributed by atoms with van der Waals surface area (Å²) in [7, 11) is 6.38. The van der Waals surface area contributed by atoms with Crippen molar-refractivity contribution in [2.24, 2.45) is 0 Å². The molecule has 33 heavy (non-hydrogen) atoms. The lowest BCUT2D eigenvalue weighted by Gasteiger charge is -2.23. The van der Waals surface area contributed by atoms with Crippen LogP contribution in [0.5, 0.6) is 0 Å². The number of benzene rings is 3. The van der Waals surface area contributed by atoms with Crippen LogP contribution in [-0.2, 0) is 13.1 Å². The Morgan fingerprint density at radius 2 is 1.73 bits per heavy atom. The van der Waals surface area contributed by atoms with E-state index in [-0.39, 0.29) is 5.91 Å². The van der Waals surface area contributed by atoms with Gasteiger partial charge in [0.2, 0.25) is 0 Å². The van der Waals surface area contributed by atoms with E-state index in [1.165, 1.54) is 5.69 Å². The third-order valence-corrected chi connectivity index (χ3v) is 6.38. The number of nitrogens with zero attached hydrogens (tertiary/aromatic N) is 3. The fourth-order valence-electron chi connectivity index (χ4n) is 3.86. The number of halogens is 1. The summed E-state index contributed by atoms with van der Waals surface area (Å²) >= 11 is 3.61. The number of nitrogens with one attached hydrogen (secondary N) is 1. The first kappa shape index (κ1) is 22.8. The van der Waals surface area contributed by atoms with Gasteiger partial charge in [-0.25, -0.2) is 0 Å². The highest BCUT2D eigenvalue weighted by atomic mass is 79.9. The number of amides is 1. The smallest absolute Gasteiger partial charge is 0.268 e. The normalized spacial score (nSPS) is 11.4. The molecule has 0 saturated heterocycles. The molecule has 4 rings (SSSR count). The van der Waals surface area contributed by atoms with Crippen molar-refractivity contribution in [1.82, 2.24) is 14.4 Å². The van der Waals surface area contributed by atoms with Crippen LogP contribution in [-0.4, -0.2) is 31.6 Å². The molecule has 3 aromatic carbocycles. The van der Waals surface area contributed by atoms with Crippen LogP contribution in [0.1, 0.15) is 27.2 Å². The summed E-state index contributed by atoms with van der Waals surface area (Å²) in [6, 6.07) is 25.8. The first-order valence-corrected chi connectivity index (χ1v) is 11.5. The van der Waals surface area contributed by atoms with Gasteiger partial charge < -0.3 is 9.88 Å². The molecule has 0 aliphatic heterocycles. The number of hydrogen-bond donors (Lipinski definition) is 1. The monoisotopic (exact) mass is 501 g/mol. The van der Waals surface area contributed by atoms with E-state index < -0.39 is 0 Å². The lowest BCUT2D eigenvalue weighted by atomic mass is 10.1. The van der Waals surface area contributed by atoms with Gasteiger partial charge in [-0.3, -0.25) is 9.28 Å². The summed E-state index contributed by atoms with van der Waals surface area (Å²) in [6.45, 7) is 0.944. The van der Waals surface area contributed by atoms with E-state index in [0.717, 1.165) is 31.0 Å². The van der Waals surface area contributed by atoms with Gasteiger partial charge in [-0.05, 0) is 53.6 Å². The van der Waals surface area contributed by atoms with Crippen molar-refractivity contribution in [3.05, 3.63) is 99.7 Å². The molecule has 0 unspecified atom stereocenters. The first-order valence-electron chi connectivity index (χ1n) is 10.7. The zero-order chi connectivity index (χ0) is 23.6. The Labute approximate surface area is 202 Å². The topological polar surface area (TPSA) is 57.8 Å². The Morgan fingerprint density at radius 1 is 1.00 bits per heavy atom. The molecule has 1 amide bonds. The molecule has 0 bridgehead atoms. The first-order chi connectivity index (χ1) is 15.8. The fraction of sp³-hybridized carbons (Fsp3) is 0.185. The van der Waals surface area contributed by atoms with Gasteiger partial charge in [0.05, 0.1) is 38.3 Å². The zero-order valence-electron chi connectivity index (χ0n) is 19.0. The van der Waals surface area contributed by atoms with Crippen LogP contribution >= 0.6 is 15.9 Å². The third kappa shape index (κ3) is 5.00. The van der Waals surface area contributed by atoms with Crippen LogP contribution in [0.3, 0.4) is 0 Å². The van der Waals surface area contributed by atoms with E-state index >= 15 is 0 Å². The Kier molecular flexibility index (Phi) is 6.37. The van der Waals surface area contributed by atoms with E-state index in [4.69, 9.17) is 0 Å². The van der Waals surface area contributed by atoms with Gasteiger partial charge in [0.15, 0.2) is 0 Å². The summed E-state index contributed by atoms with van der Waals surface area (Å²) in [4.78, 5) is 13.3. The maximum atomic E-state index is 13.3. The van der Waals surface area contributed by atoms with Crippen molar-refractivity contribution < 1.29 is 4.79 Å². The molecule has 0 aliphatic rings. The van der Waals surface area contributed by atoms with Gasteiger partial charge in [0.1, 0.15) is 11.4 Å². The molecule has 4 aromatic rings. The molecule has 0 aliphatic carbocycles. The van der Waals surface area contributed by atoms with Crippen LogP contribution in [0.15, 0.2) is 77.3 Å². The number of aromatic nitrogens is 1. The minimum atomic E-state index is -0.134. The number of fused-ring (bicyclic) bond motifs is 1. The standard InChI is InChI=1S/C27H25BrN4O/c1-32(2,3)22-12-10-19(11-13-22)17-30-27(33)26-15-23-24(28)8-5-9-25(23)31(26)18-21-7-4-6-20(14-21)16-29/h4-15H,17-18H2,1-3H3/p+1. The SMILES string of the molecule is C[N+](C)(C)c1ccc(CNC(=O)c2cc3c(Br)cccc3n2Cc2cccc(C#N)c2)cc1. The number of carbonyl (C=O) groups is 1. The molecule has 1 aromatic heterocycles. The highest BCUT2D eigenvalue weighted by Gasteiger charge is 2.18. The molecular formula is C27H26BrN4O+. The van der Waals surface area contributed by atoms with Gasteiger partial charge in [0, 0.05) is 22.9 Å². The van der Waals surface area contributed by atoms with E-state index in [9.17, 15) is 10.1 Å². The second kappa shape index (κ2) is 9.22. The number of quaternary nitrogens is 1. The summed E-state index contributed by atoms with van der Waals surface area (Å²) in [5, 5.41) is 13.3. The molecular weight excluding hydrogens is 476 g/mol. The van der Waals surface area contributed by atoms with Crippen LogP contribution in [0, 0.1) is 11.3 Å². The second-order valence-electron chi connectivity index (χ2n) is 8.96. The minimum absolute atomic E-state index is 0.134. The van der Waals surface area contributed by atoms with E-state index in [1.807, 2.05) is 47.0 Å². The number of hydrogen-bond acceptors (Lipinski definition) is 2. The molecule has 1 heterocycles. The van der Waals surface area contributed by atoms with E-state index in [1.54, 1.807) is 6.07 Å². The van der Waals surface area contributed by atoms with Gasteiger partial charge >= 0.3 is 0 Å². The van der Waals surface area contributed by atoms with Gasteiger partial charge in [-0.2, -0.15) is 5.26 Å². The Hall–Kier alpha value is -3.40. The van der Waals surface area contributed by atoms with Crippen molar-refractivity contribution in [2.75, 3.05) is 21.1 Å². The van der Waals surface area contributed by atoms with Gasteiger partial charge in [0.25, 0.3) is 5.91 Å². The van der Waals surface area contributed by atoms with E-state index in [0.29, 0.717) is 24.3 Å². The van der Waals surface area contributed by atoms with Crippen molar-refractivity contribution >= 4 is 38.4 Å². The molecule has 6 heteroatoms. The summed E-state index contributed by atoms with van der Waals surface area (Å²) in [5.74, 6) is -0.134. The highest BCUT2D eigenvalue weighted by molar-refractivity contribution is 9.10. The molecule has 0 atom stereocenters. The Bertz CT molecular complexity index is 1360. The van der Waals surface area contributed by atoms with Crippen molar-refractivity contribution in [3.63, 3.8) is 0 Å². The minimum Gasteiger partial charge on any atom is -0.347 e. The lowest BCUT2D eigenvalue weighted by molar-refractivity contribution is 0.0942. The average Bonchev–Trinajstić information content (AvgIpc) is 3.17. The second-order valence-corrected chi connectivity index (χ2v) is 9.82. The molecule has 166 valence electrons. The molecule has 0 saturated carbocycles. The van der Waals surface area contributed by atoms with Crippen molar-refractivity contribution in [2.45, 2.75) is 13.1 Å². The maximum Gasteiger partial charge on any atom is 0.268 e. The predicted molar refractivity (Wildman–Crippen MR) is 137 cm³/mol. The fourth-order valence-corrected chi connectivity index (χ4v) is 4.33. The van der Waals surface area contributed by atoms with Crippen LogP contribution < -0.4 is 9.80 Å². The molecule has 0 radical (unpaired) electrons. The van der Waals surface area contributed by atoms with Crippen molar-refractivity contribution in [3.8, 4) is 6.07 Å². The summed E-state index contributed by atoms with van der Waals surface area (Å²) < 4.78 is 3.69. The van der Waals surface area contributed by atoms with Gasteiger partial charge in [-0.1, -0.05) is 46.3 Å². The Morgan fingerprint density at radius 3 is 2.42 bits per heavy atom. The van der Waals surface area contributed by atoms with Gasteiger partial charge in [-0.15, -0.1) is 0 Å². The number of rotatable bonds is 6. The maximum absolute atomic E-state index is 13.3. The Balaban J connectivity index is 1.62.